The zero-order chi connectivity index (χ0) is 14.4. The van der Waals surface area contributed by atoms with Gasteiger partial charge in [-0.05, 0) is 50.1 Å². The Morgan fingerprint density at radius 2 is 1.85 bits per heavy atom. The summed E-state index contributed by atoms with van der Waals surface area (Å²) in [6.07, 6.45) is 10.0. The fourth-order valence-electron chi connectivity index (χ4n) is 3.06. The molecule has 0 amide bonds. The first-order valence-corrected chi connectivity index (χ1v) is 8.89. The summed E-state index contributed by atoms with van der Waals surface area (Å²) >= 11 is 2.03. The summed E-state index contributed by atoms with van der Waals surface area (Å²) in [5, 5.41) is 3.69. The van der Waals surface area contributed by atoms with Crippen molar-refractivity contribution in [2.75, 3.05) is 12.8 Å². The monoisotopic (exact) mass is 295 g/mol. The van der Waals surface area contributed by atoms with Gasteiger partial charge in [0.25, 0.3) is 0 Å². The first-order chi connectivity index (χ1) is 9.63. The molecule has 2 rings (SSSR count). The van der Waals surface area contributed by atoms with E-state index < -0.39 is 0 Å². The predicted octanol–water partition coefficient (Wildman–Crippen LogP) is 4.41. The molecule has 1 aromatic carbocycles. The van der Waals surface area contributed by atoms with Gasteiger partial charge in [0.1, 0.15) is 5.82 Å². The van der Waals surface area contributed by atoms with E-state index in [1.807, 2.05) is 23.9 Å². The van der Waals surface area contributed by atoms with Crippen LogP contribution in [0, 0.1) is 5.82 Å². The third-order valence-electron chi connectivity index (χ3n) is 4.43. The molecule has 0 bridgehead atoms. The van der Waals surface area contributed by atoms with E-state index in [2.05, 4.69) is 18.5 Å². The second-order valence-corrected chi connectivity index (χ2v) is 7.33. The maximum atomic E-state index is 12.9. The first-order valence-electron chi connectivity index (χ1n) is 7.66. The van der Waals surface area contributed by atoms with Crippen LogP contribution in [0.2, 0.25) is 0 Å². The summed E-state index contributed by atoms with van der Waals surface area (Å²) in [5.41, 5.74) is 1.20. The Bertz CT molecular complexity index is 398. The van der Waals surface area contributed by atoms with Gasteiger partial charge >= 0.3 is 0 Å². The van der Waals surface area contributed by atoms with Crippen molar-refractivity contribution in [2.24, 2.45) is 0 Å². The van der Waals surface area contributed by atoms with Gasteiger partial charge < -0.3 is 5.32 Å². The highest BCUT2D eigenvalue weighted by atomic mass is 32.2. The maximum absolute atomic E-state index is 12.9. The van der Waals surface area contributed by atoms with E-state index in [0.717, 1.165) is 13.0 Å². The molecule has 1 unspecified atom stereocenters. The minimum Gasteiger partial charge on any atom is -0.313 e. The lowest BCUT2D eigenvalue weighted by molar-refractivity contribution is 0.365. The van der Waals surface area contributed by atoms with Gasteiger partial charge in [0.15, 0.2) is 0 Å². The molecule has 3 heteroatoms. The minimum absolute atomic E-state index is 0.155. The number of thioether (sulfide) groups is 1. The Balaban J connectivity index is 1.81. The summed E-state index contributed by atoms with van der Waals surface area (Å²) in [6.45, 7) is 3.32. The topological polar surface area (TPSA) is 12.0 Å². The van der Waals surface area contributed by atoms with Crippen LogP contribution in [0.5, 0.6) is 0 Å². The van der Waals surface area contributed by atoms with Gasteiger partial charge in [0.2, 0.25) is 0 Å². The summed E-state index contributed by atoms with van der Waals surface area (Å²) in [6, 6.07) is 7.31. The van der Waals surface area contributed by atoms with Crippen LogP contribution in [0.25, 0.3) is 0 Å². The molecule has 0 saturated heterocycles. The molecule has 1 N–H and O–H groups in total. The normalized spacial score (nSPS) is 19.8. The quantitative estimate of drug-likeness (QED) is 0.834. The van der Waals surface area contributed by atoms with Gasteiger partial charge in [-0.1, -0.05) is 31.4 Å². The predicted molar refractivity (Wildman–Crippen MR) is 86.9 cm³/mol. The number of halogens is 1. The van der Waals surface area contributed by atoms with Crippen LogP contribution >= 0.6 is 11.8 Å². The smallest absolute Gasteiger partial charge is 0.123 e. The lowest BCUT2D eigenvalue weighted by Crippen LogP contribution is -2.43. The van der Waals surface area contributed by atoms with Crippen molar-refractivity contribution in [2.45, 2.75) is 56.2 Å². The van der Waals surface area contributed by atoms with Gasteiger partial charge in [-0.15, -0.1) is 0 Å². The molecule has 1 fully saturated rings. The van der Waals surface area contributed by atoms with Gasteiger partial charge in [0.05, 0.1) is 0 Å². The van der Waals surface area contributed by atoms with Crippen LogP contribution in [0.3, 0.4) is 0 Å². The van der Waals surface area contributed by atoms with E-state index in [4.69, 9.17) is 0 Å². The molecule has 1 saturated carbocycles. The van der Waals surface area contributed by atoms with Crippen LogP contribution in [-0.2, 0) is 6.42 Å². The first kappa shape index (κ1) is 15.8. The molecule has 20 heavy (non-hydrogen) atoms. The van der Waals surface area contributed by atoms with Crippen molar-refractivity contribution in [3.63, 3.8) is 0 Å². The van der Waals surface area contributed by atoms with Crippen molar-refractivity contribution in [1.29, 1.82) is 0 Å². The lowest BCUT2D eigenvalue weighted by Gasteiger charge is -2.37. The van der Waals surface area contributed by atoms with Gasteiger partial charge in [-0.2, -0.15) is 11.8 Å². The molecule has 1 nitrogen and oxygen atoms in total. The molecular formula is C17H26FNS. The van der Waals surface area contributed by atoms with Crippen LogP contribution in [0.1, 0.15) is 44.6 Å². The average molecular weight is 295 g/mol. The fraction of sp³-hybridized carbons (Fsp3) is 0.647. The van der Waals surface area contributed by atoms with E-state index >= 15 is 0 Å². The largest absolute Gasteiger partial charge is 0.313 e. The lowest BCUT2D eigenvalue weighted by atomic mass is 9.88. The van der Waals surface area contributed by atoms with Crippen molar-refractivity contribution in [3.05, 3.63) is 35.6 Å². The average Bonchev–Trinajstić information content (AvgIpc) is 2.49. The maximum Gasteiger partial charge on any atom is 0.123 e. The van der Waals surface area contributed by atoms with Gasteiger partial charge in [-0.3, -0.25) is 0 Å². The van der Waals surface area contributed by atoms with Crippen LogP contribution < -0.4 is 5.32 Å². The molecule has 0 radical (unpaired) electrons. The zero-order valence-electron chi connectivity index (χ0n) is 12.6. The fourth-order valence-corrected chi connectivity index (χ4v) is 3.98. The number of hydrogen-bond donors (Lipinski definition) is 1. The summed E-state index contributed by atoms with van der Waals surface area (Å²) < 4.78 is 13.3. The molecule has 0 heterocycles. The molecule has 0 aliphatic heterocycles. The number of hydrogen-bond acceptors (Lipinski definition) is 2. The van der Waals surface area contributed by atoms with Crippen molar-refractivity contribution >= 4 is 11.8 Å². The van der Waals surface area contributed by atoms with E-state index in [0.29, 0.717) is 10.8 Å². The van der Waals surface area contributed by atoms with E-state index in [-0.39, 0.29) is 5.82 Å². The highest BCUT2D eigenvalue weighted by Gasteiger charge is 2.30. The Labute approximate surface area is 126 Å². The molecular weight excluding hydrogens is 269 g/mol. The van der Waals surface area contributed by atoms with Crippen LogP contribution in [0.15, 0.2) is 24.3 Å². The second kappa shape index (κ2) is 7.46. The summed E-state index contributed by atoms with van der Waals surface area (Å²) in [5.74, 6) is -0.155. The minimum atomic E-state index is -0.155. The zero-order valence-corrected chi connectivity index (χ0v) is 13.4. The van der Waals surface area contributed by atoms with E-state index in [9.17, 15) is 4.39 Å². The highest BCUT2D eigenvalue weighted by molar-refractivity contribution is 8.00. The molecule has 1 aliphatic rings. The standard InChI is InChI=1S/C17H26FNS/c1-14(12-15-6-8-16(18)9-7-15)19-13-17(20-2)10-4-3-5-11-17/h6-9,14,19H,3-5,10-13H2,1-2H3. The van der Waals surface area contributed by atoms with E-state index in [1.54, 1.807) is 12.1 Å². The molecule has 1 atom stereocenters. The summed E-state index contributed by atoms with van der Waals surface area (Å²) in [4.78, 5) is 0. The summed E-state index contributed by atoms with van der Waals surface area (Å²) in [7, 11) is 0. The van der Waals surface area contributed by atoms with Crippen molar-refractivity contribution < 1.29 is 4.39 Å². The number of benzene rings is 1. The molecule has 0 spiro atoms. The third-order valence-corrected chi connectivity index (χ3v) is 5.84. The molecule has 0 aromatic heterocycles. The highest BCUT2D eigenvalue weighted by Crippen LogP contribution is 2.38. The Morgan fingerprint density at radius 1 is 1.20 bits per heavy atom. The Kier molecular flexibility index (Phi) is 5.91. The van der Waals surface area contributed by atoms with Crippen LogP contribution in [0.4, 0.5) is 4.39 Å². The molecule has 1 aliphatic carbocycles. The number of rotatable bonds is 6. The second-order valence-electron chi connectivity index (χ2n) is 6.06. The van der Waals surface area contributed by atoms with Gasteiger partial charge in [0, 0.05) is 17.3 Å². The van der Waals surface area contributed by atoms with Gasteiger partial charge in [-0.25, -0.2) is 4.39 Å². The van der Waals surface area contributed by atoms with E-state index in [1.165, 1.54) is 37.7 Å². The van der Waals surface area contributed by atoms with Crippen molar-refractivity contribution in [3.8, 4) is 0 Å². The Hall–Kier alpha value is -0.540. The SMILES string of the molecule is CSC1(CNC(C)Cc2ccc(F)cc2)CCCCC1. The van der Waals surface area contributed by atoms with Crippen LogP contribution in [-0.4, -0.2) is 23.6 Å². The molecule has 1 aromatic rings. The number of nitrogens with one attached hydrogen (secondary N) is 1. The van der Waals surface area contributed by atoms with Crippen molar-refractivity contribution in [1.82, 2.24) is 5.32 Å². The Morgan fingerprint density at radius 3 is 2.45 bits per heavy atom. The molecule has 112 valence electrons. The third kappa shape index (κ3) is 4.49.